The highest BCUT2D eigenvalue weighted by atomic mass is 16.5. The second-order valence-electron chi connectivity index (χ2n) is 16.1. The zero-order valence-electron chi connectivity index (χ0n) is 34.4. The molecule has 0 aliphatic carbocycles. The molecule has 17 heteroatoms. The molecule has 1 unspecified atom stereocenters. The van der Waals surface area contributed by atoms with Crippen LogP contribution in [0.2, 0.25) is 0 Å². The van der Waals surface area contributed by atoms with Crippen LogP contribution in [0, 0.1) is 5.92 Å². The summed E-state index contributed by atoms with van der Waals surface area (Å²) in [5.41, 5.74) is 5.47. The maximum Gasteiger partial charge on any atom is 0.351 e. The van der Waals surface area contributed by atoms with Gasteiger partial charge in [-0.05, 0) is 87.0 Å². The highest BCUT2D eigenvalue weighted by Crippen LogP contribution is 2.39. The van der Waals surface area contributed by atoms with E-state index in [9.17, 15) is 24.0 Å². The number of nitrogens with zero attached hydrogens (tertiary/aromatic N) is 8. The van der Waals surface area contributed by atoms with Crippen LogP contribution in [-0.2, 0) is 36.1 Å². The molecule has 4 amide bonds. The van der Waals surface area contributed by atoms with E-state index in [2.05, 4.69) is 30.4 Å². The fourth-order valence-corrected chi connectivity index (χ4v) is 9.22. The van der Waals surface area contributed by atoms with Crippen molar-refractivity contribution in [2.24, 2.45) is 13.0 Å². The van der Waals surface area contributed by atoms with Gasteiger partial charge in [-0.25, -0.2) is 9.59 Å². The standard InChI is InChI=1S/C42H54N10O7/c1-43-41(56)50-15-11-30-31(24-46(2)40(55)32(30)26-50)28-21-35(58-3)33(36(22-28)59-4)25-48-13-8-27(9-14-48)7-12-47-17-19-49(20-18-47)29-10-16-51-37(23-29)45-52(42(51)57)34-5-6-38(53)44-39(34)54/h10,16,21-24,27,34H,5-9,11-15,17-20,25-26H2,1-4H3,(H,43,56)(H,44,53,54). The fourth-order valence-electron chi connectivity index (χ4n) is 9.22. The van der Waals surface area contributed by atoms with E-state index >= 15 is 0 Å². The van der Waals surface area contributed by atoms with Gasteiger partial charge in [0.05, 0.1) is 26.3 Å². The Balaban J connectivity index is 0.846. The number of rotatable bonds is 10. The first-order valence-electron chi connectivity index (χ1n) is 20.6. The summed E-state index contributed by atoms with van der Waals surface area (Å²) < 4.78 is 16.2. The van der Waals surface area contributed by atoms with Gasteiger partial charge in [-0.3, -0.25) is 33.9 Å². The van der Waals surface area contributed by atoms with E-state index in [1.54, 1.807) is 44.0 Å². The Hall–Kier alpha value is -5.68. The summed E-state index contributed by atoms with van der Waals surface area (Å²) >= 11 is 0. The highest BCUT2D eigenvalue weighted by molar-refractivity contribution is 5.99. The topological polar surface area (TPSA) is 168 Å². The molecule has 1 aromatic carbocycles. The Morgan fingerprint density at radius 3 is 2.31 bits per heavy atom. The minimum atomic E-state index is -0.789. The summed E-state index contributed by atoms with van der Waals surface area (Å²) in [4.78, 5) is 71.6. The first-order chi connectivity index (χ1) is 28.5. The second kappa shape index (κ2) is 16.9. The number of hydrogen-bond acceptors (Lipinski definition) is 11. The number of imide groups is 1. The number of hydrogen-bond donors (Lipinski definition) is 2. The number of amides is 4. The zero-order chi connectivity index (χ0) is 41.4. The average Bonchev–Trinajstić information content (AvgIpc) is 3.58. The molecular formula is C42H54N10O7. The molecule has 314 valence electrons. The number of piperidine rings is 2. The zero-order valence-corrected chi connectivity index (χ0v) is 34.4. The number of aromatic nitrogens is 4. The van der Waals surface area contributed by atoms with Crippen LogP contribution in [-0.4, -0.2) is 125 Å². The summed E-state index contributed by atoms with van der Waals surface area (Å²) in [5.74, 6) is 1.34. The van der Waals surface area contributed by atoms with Crippen LogP contribution in [0.3, 0.4) is 0 Å². The Labute approximate surface area is 342 Å². The number of nitrogens with one attached hydrogen (secondary N) is 2. The Kier molecular flexibility index (Phi) is 11.5. The lowest BCUT2D eigenvalue weighted by Gasteiger charge is -2.37. The molecule has 3 fully saturated rings. The van der Waals surface area contributed by atoms with Gasteiger partial charge in [0, 0.05) is 95.1 Å². The fraction of sp³-hybridized carbons (Fsp3) is 0.524. The van der Waals surface area contributed by atoms with Crippen molar-refractivity contribution in [3.63, 3.8) is 0 Å². The second-order valence-corrected chi connectivity index (χ2v) is 16.1. The van der Waals surface area contributed by atoms with E-state index in [0.717, 1.165) is 105 Å². The number of carbonyl (C=O) groups is 3. The number of pyridine rings is 2. The van der Waals surface area contributed by atoms with Crippen LogP contribution in [0.1, 0.15) is 54.8 Å². The molecule has 3 saturated heterocycles. The van der Waals surface area contributed by atoms with E-state index in [1.807, 2.05) is 30.5 Å². The Bertz CT molecular complexity index is 2350. The van der Waals surface area contributed by atoms with Crippen molar-refractivity contribution in [1.29, 1.82) is 0 Å². The lowest BCUT2D eigenvalue weighted by molar-refractivity contribution is -0.136. The van der Waals surface area contributed by atoms with Gasteiger partial charge in [-0.15, -0.1) is 5.10 Å². The van der Waals surface area contributed by atoms with Crippen LogP contribution in [0.5, 0.6) is 11.5 Å². The Morgan fingerprint density at radius 1 is 0.898 bits per heavy atom. The summed E-state index contributed by atoms with van der Waals surface area (Å²) in [6, 6.07) is 6.95. The van der Waals surface area contributed by atoms with Gasteiger partial charge in [-0.2, -0.15) is 4.68 Å². The van der Waals surface area contributed by atoms with Crippen LogP contribution in [0.15, 0.2) is 46.2 Å². The molecular weight excluding hydrogens is 757 g/mol. The van der Waals surface area contributed by atoms with Gasteiger partial charge in [0.15, 0.2) is 5.65 Å². The number of carbonyl (C=O) groups excluding carboxylic acids is 3. The summed E-state index contributed by atoms with van der Waals surface area (Å²) in [6.45, 7) is 8.20. The van der Waals surface area contributed by atoms with Crippen molar-refractivity contribution in [2.45, 2.75) is 57.7 Å². The van der Waals surface area contributed by atoms with Crippen LogP contribution in [0.4, 0.5) is 10.5 Å². The minimum Gasteiger partial charge on any atom is -0.496 e. The van der Waals surface area contributed by atoms with Gasteiger partial charge in [0.1, 0.15) is 17.5 Å². The number of methoxy groups -OCH3 is 2. The summed E-state index contributed by atoms with van der Waals surface area (Å²) in [6.07, 6.45) is 8.04. The first kappa shape index (κ1) is 40.1. The van der Waals surface area contributed by atoms with E-state index in [0.29, 0.717) is 36.6 Å². The number of ether oxygens (including phenoxy) is 2. The molecule has 17 nitrogen and oxygen atoms in total. The van der Waals surface area contributed by atoms with Crippen molar-refractivity contribution < 1.29 is 23.9 Å². The predicted octanol–water partition coefficient (Wildman–Crippen LogP) is 1.98. The van der Waals surface area contributed by atoms with Gasteiger partial charge < -0.3 is 29.2 Å². The maximum atomic E-state index is 13.2. The molecule has 8 rings (SSSR count). The van der Waals surface area contributed by atoms with Gasteiger partial charge >= 0.3 is 11.7 Å². The lowest BCUT2D eigenvalue weighted by atomic mass is 9.91. The van der Waals surface area contributed by atoms with Crippen molar-refractivity contribution in [3.8, 4) is 22.6 Å². The largest absolute Gasteiger partial charge is 0.496 e. The number of aryl methyl sites for hydroxylation is 1. The van der Waals surface area contributed by atoms with Crippen LogP contribution in [0.25, 0.3) is 16.8 Å². The molecule has 0 spiro atoms. The number of benzene rings is 1. The molecule has 7 heterocycles. The first-order valence-corrected chi connectivity index (χ1v) is 20.6. The number of piperazine rings is 1. The predicted molar refractivity (Wildman–Crippen MR) is 221 cm³/mol. The SMILES string of the molecule is CNC(=O)N1CCc2c(-c3cc(OC)c(CN4CCC(CCN5CCN(c6ccn7c(=O)n(C8CCC(=O)NC8=O)nc7c6)CC5)CC4)c(OC)c3)cn(C)c(=O)c2C1. The highest BCUT2D eigenvalue weighted by Gasteiger charge is 2.32. The molecule has 0 bridgehead atoms. The molecule has 0 saturated carbocycles. The van der Waals surface area contributed by atoms with E-state index in [-0.39, 0.29) is 42.6 Å². The summed E-state index contributed by atoms with van der Waals surface area (Å²) in [5, 5.41) is 9.45. The number of likely N-dealkylation sites (tertiary alicyclic amines) is 1. The van der Waals surface area contributed by atoms with Crippen molar-refractivity contribution in [3.05, 3.63) is 74.2 Å². The van der Waals surface area contributed by atoms with Crippen molar-refractivity contribution >= 4 is 29.2 Å². The van der Waals surface area contributed by atoms with Crippen LogP contribution < -0.4 is 36.3 Å². The van der Waals surface area contributed by atoms with Gasteiger partial charge in [-0.1, -0.05) is 0 Å². The third kappa shape index (κ3) is 8.05. The molecule has 1 atom stereocenters. The maximum absolute atomic E-state index is 13.2. The van der Waals surface area contributed by atoms with Crippen molar-refractivity contribution in [1.82, 2.24) is 44.1 Å². The lowest BCUT2D eigenvalue weighted by Crippen LogP contribution is -2.47. The molecule has 4 aliphatic rings. The molecule has 4 aliphatic heterocycles. The number of urea groups is 1. The minimum absolute atomic E-state index is 0.0924. The third-order valence-corrected chi connectivity index (χ3v) is 12.7. The van der Waals surface area contributed by atoms with E-state index < -0.39 is 11.9 Å². The van der Waals surface area contributed by atoms with Crippen LogP contribution >= 0.6 is 0 Å². The van der Waals surface area contributed by atoms with E-state index in [4.69, 9.17) is 9.47 Å². The molecule has 3 aromatic heterocycles. The molecule has 4 aromatic rings. The third-order valence-electron chi connectivity index (χ3n) is 12.7. The molecule has 59 heavy (non-hydrogen) atoms. The average molecular weight is 811 g/mol. The van der Waals surface area contributed by atoms with Crippen molar-refractivity contribution in [2.75, 3.05) is 78.5 Å². The molecule has 0 radical (unpaired) electrons. The normalized spacial score (nSPS) is 19.5. The number of fused-ring (bicyclic) bond motifs is 2. The Morgan fingerprint density at radius 2 is 1.63 bits per heavy atom. The summed E-state index contributed by atoms with van der Waals surface area (Å²) in [7, 11) is 6.73. The van der Waals surface area contributed by atoms with Gasteiger partial charge in [0.25, 0.3) is 11.5 Å². The van der Waals surface area contributed by atoms with Gasteiger partial charge in [0.2, 0.25) is 5.91 Å². The molecule has 2 N–H and O–H groups in total. The number of anilines is 1. The smallest absolute Gasteiger partial charge is 0.351 e. The quantitative estimate of drug-likeness (QED) is 0.225. The monoisotopic (exact) mass is 810 g/mol. The van der Waals surface area contributed by atoms with E-state index in [1.165, 1.54) is 9.08 Å².